The maximum atomic E-state index is 12.4. The number of nitro groups is 1. The smallest absolute Gasteiger partial charge is 0.308 e. The van der Waals surface area contributed by atoms with Crippen LogP contribution in [0.15, 0.2) is 18.2 Å². The van der Waals surface area contributed by atoms with E-state index in [-0.39, 0.29) is 23.8 Å². The van der Waals surface area contributed by atoms with Crippen LogP contribution in [0.3, 0.4) is 0 Å². The average Bonchev–Trinajstić information content (AvgIpc) is 3.05. The van der Waals surface area contributed by atoms with Crippen molar-refractivity contribution in [2.75, 3.05) is 19.8 Å². The van der Waals surface area contributed by atoms with Crippen LogP contribution in [0, 0.1) is 22.0 Å². The molecule has 1 aromatic carbocycles. The topological polar surface area (TPSA) is 147 Å². The molecule has 1 amide bonds. The molecule has 0 spiro atoms. The highest BCUT2D eigenvalue weighted by Crippen LogP contribution is 2.25. The van der Waals surface area contributed by atoms with Gasteiger partial charge in [0.1, 0.15) is 0 Å². The number of benzene rings is 1. The minimum atomic E-state index is -0.972. The lowest BCUT2D eigenvalue weighted by atomic mass is 9.86. The third kappa shape index (κ3) is 3.64. The Morgan fingerprint density at radius 1 is 1.42 bits per heavy atom. The fraction of sp³-hybridized carbons (Fsp3) is 0.438. The summed E-state index contributed by atoms with van der Waals surface area (Å²) in [4.78, 5) is 34.3. The molecule has 1 aliphatic heterocycles. The molecule has 1 aromatic heterocycles. The van der Waals surface area contributed by atoms with Crippen LogP contribution < -0.4 is 5.32 Å². The predicted octanol–water partition coefficient (Wildman–Crippen LogP) is 1.33. The summed E-state index contributed by atoms with van der Waals surface area (Å²) in [5.41, 5.74) is 0.332. The van der Waals surface area contributed by atoms with Crippen LogP contribution in [-0.4, -0.2) is 51.9 Å². The Labute approximate surface area is 147 Å². The van der Waals surface area contributed by atoms with E-state index in [4.69, 9.17) is 4.74 Å². The van der Waals surface area contributed by atoms with E-state index in [0.29, 0.717) is 37.0 Å². The standard InChI is InChI=1S/C16H18N4O6/c21-15(17-8-12(16(22)23)9-3-5-26-6-4-9)14-11-7-10(20(24)25)1-2-13(11)18-19-14/h1-2,7,9,12H,3-6,8H2,(H,17,21)(H,18,19)(H,22,23). The third-order valence-corrected chi connectivity index (χ3v) is 4.61. The summed E-state index contributed by atoms with van der Waals surface area (Å²) < 4.78 is 5.24. The largest absolute Gasteiger partial charge is 0.481 e. The number of H-pyrrole nitrogens is 1. The van der Waals surface area contributed by atoms with Crippen LogP contribution in [0.25, 0.3) is 10.9 Å². The van der Waals surface area contributed by atoms with E-state index < -0.39 is 22.7 Å². The number of nitro benzene ring substituents is 1. The second-order valence-electron chi connectivity index (χ2n) is 6.16. The Bertz CT molecular complexity index is 842. The predicted molar refractivity (Wildman–Crippen MR) is 89.8 cm³/mol. The van der Waals surface area contributed by atoms with E-state index in [1.807, 2.05) is 0 Å². The Morgan fingerprint density at radius 3 is 2.81 bits per heavy atom. The van der Waals surface area contributed by atoms with Crippen molar-refractivity contribution in [3.8, 4) is 0 Å². The lowest BCUT2D eigenvalue weighted by Gasteiger charge is -2.27. The van der Waals surface area contributed by atoms with Gasteiger partial charge in [0.2, 0.25) is 0 Å². The zero-order valence-electron chi connectivity index (χ0n) is 13.8. The van der Waals surface area contributed by atoms with Gasteiger partial charge in [0, 0.05) is 37.3 Å². The van der Waals surface area contributed by atoms with Gasteiger partial charge in [-0.05, 0) is 24.8 Å². The number of ether oxygens (including phenoxy) is 1. The first-order valence-corrected chi connectivity index (χ1v) is 8.18. The molecule has 138 valence electrons. The zero-order chi connectivity index (χ0) is 18.7. The second kappa shape index (κ2) is 7.48. The van der Waals surface area contributed by atoms with Crippen molar-refractivity contribution < 1.29 is 24.4 Å². The summed E-state index contributed by atoms with van der Waals surface area (Å²) in [5, 5.41) is 29.8. The summed E-state index contributed by atoms with van der Waals surface area (Å²) in [6.45, 7) is 0.980. The molecule has 1 atom stereocenters. The van der Waals surface area contributed by atoms with Gasteiger partial charge in [0.05, 0.1) is 16.4 Å². The number of non-ortho nitro benzene ring substituents is 1. The quantitative estimate of drug-likeness (QED) is 0.518. The summed E-state index contributed by atoms with van der Waals surface area (Å²) in [5.74, 6) is -2.34. The fourth-order valence-corrected chi connectivity index (χ4v) is 3.15. The number of fused-ring (bicyclic) bond motifs is 1. The highest BCUT2D eigenvalue weighted by atomic mass is 16.6. The van der Waals surface area contributed by atoms with Gasteiger partial charge in [-0.3, -0.25) is 24.8 Å². The van der Waals surface area contributed by atoms with Crippen molar-refractivity contribution in [2.45, 2.75) is 12.8 Å². The number of aliphatic carboxylic acids is 1. The Kier molecular flexibility index (Phi) is 5.12. The van der Waals surface area contributed by atoms with Crippen LogP contribution in [-0.2, 0) is 9.53 Å². The van der Waals surface area contributed by atoms with Crippen molar-refractivity contribution in [3.05, 3.63) is 34.0 Å². The monoisotopic (exact) mass is 362 g/mol. The highest BCUT2D eigenvalue weighted by molar-refractivity contribution is 6.05. The van der Waals surface area contributed by atoms with Crippen LogP contribution in [0.1, 0.15) is 23.3 Å². The summed E-state index contributed by atoms with van der Waals surface area (Å²) >= 11 is 0. The number of amides is 1. The highest BCUT2D eigenvalue weighted by Gasteiger charge is 2.30. The van der Waals surface area contributed by atoms with E-state index >= 15 is 0 Å². The normalized spacial score (nSPS) is 16.3. The SMILES string of the molecule is O=C(NCC(C(=O)O)C1CCOCC1)c1n[nH]c2ccc([N+](=O)[O-])cc12. The van der Waals surface area contributed by atoms with Gasteiger partial charge in [-0.2, -0.15) is 5.10 Å². The first-order valence-electron chi connectivity index (χ1n) is 8.18. The summed E-state index contributed by atoms with van der Waals surface area (Å²) in [7, 11) is 0. The van der Waals surface area contributed by atoms with Crippen molar-refractivity contribution in [3.63, 3.8) is 0 Å². The molecule has 1 saturated heterocycles. The molecule has 26 heavy (non-hydrogen) atoms. The number of nitrogens with zero attached hydrogens (tertiary/aromatic N) is 2. The second-order valence-corrected chi connectivity index (χ2v) is 6.16. The number of nitrogens with one attached hydrogen (secondary N) is 2. The first-order chi connectivity index (χ1) is 12.5. The number of aromatic nitrogens is 2. The molecule has 0 saturated carbocycles. The Hall–Kier alpha value is -3.01. The third-order valence-electron chi connectivity index (χ3n) is 4.61. The minimum Gasteiger partial charge on any atom is -0.481 e. The molecule has 10 nitrogen and oxygen atoms in total. The molecule has 0 bridgehead atoms. The molecule has 1 unspecified atom stereocenters. The van der Waals surface area contributed by atoms with E-state index in [0.717, 1.165) is 0 Å². The van der Waals surface area contributed by atoms with Gasteiger partial charge in [-0.25, -0.2) is 0 Å². The van der Waals surface area contributed by atoms with Crippen molar-refractivity contribution >= 4 is 28.5 Å². The molecule has 3 rings (SSSR count). The zero-order valence-corrected chi connectivity index (χ0v) is 13.8. The molecular formula is C16H18N4O6. The lowest BCUT2D eigenvalue weighted by Crippen LogP contribution is -2.39. The van der Waals surface area contributed by atoms with Crippen LogP contribution in [0.4, 0.5) is 5.69 Å². The first kappa shape index (κ1) is 17.8. The van der Waals surface area contributed by atoms with Crippen LogP contribution >= 0.6 is 0 Å². The molecule has 2 aromatic rings. The number of carbonyl (C=O) groups excluding carboxylic acids is 1. The van der Waals surface area contributed by atoms with Gasteiger partial charge >= 0.3 is 5.97 Å². The maximum absolute atomic E-state index is 12.4. The molecule has 2 heterocycles. The number of aromatic amines is 1. The Morgan fingerprint density at radius 2 is 2.15 bits per heavy atom. The Balaban J connectivity index is 1.74. The van der Waals surface area contributed by atoms with E-state index in [1.54, 1.807) is 0 Å². The summed E-state index contributed by atoms with van der Waals surface area (Å²) in [6, 6.07) is 4.05. The van der Waals surface area contributed by atoms with E-state index in [9.17, 15) is 24.8 Å². The van der Waals surface area contributed by atoms with Gasteiger partial charge in [-0.1, -0.05) is 0 Å². The van der Waals surface area contributed by atoms with Gasteiger partial charge in [-0.15, -0.1) is 0 Å². The van der Waals surface area contributed by atoms with Crippen LogP contribution in [0.2, 0.25) is 0 Å². The molecule has 3 N–H and O–H groups in total. The van der Waals surface area contributed by atoms with Gasteiger partial charge < -0.3 is 15.2 Å². The number of rotatable bonds is 6. The van der Waals surface area contributed by atoms with Gasteiger partial charge in [0.25, 0.3) is 11.6 Å². The van der Waals surface area contributed by atoms with Crippen molar-refractivity contribution in [1.29, 1.82) is 0 Å². The van der Waals surface area contributed by atoms with Gasteiger partial charge in [0.15, 0.2) is 5.69 Å². The molecule has 1 aliphatic rings. The van der Waals surface area contributed by atoms with E-state index in [1.165, 1.54) is 18.2 Å². The molecule has 0 aliphatic carbocycles. The maximum Gasteiger partial charge on any atom is 0.308 e. The number of carboxylic acid groups (broad SMARTS) is 1. The molecule has 10 heteroatoms. The molecule has 0 radical (unpaired) electrons. The molecule has 1 fully saturated rings. The van der Waals surface area contributed by atoms with Crippen molar-refractivity contribution in [1.82, 2.24) is 15.5 Å². The van der Waals surface area contributed by atoms with Crippen LogP contribution in [0.5, 0.6) is 0 Å². The number of carbonyl (C=O) groups is 2. The minimum absolute atomic E-state index is 0.000170. The average molecular weight is 362 g/mol. The summed E-state index contributed by atoms with van der Waals surface area (Å²) in [6.07, 6.45) is 1.26. The number of hydrogen-bond donors (Lipinski definition) is 3. The van der Waals surface area contributed by atoms with Crippen molar-refractivity contribution in [2.24, 2.45) is 11.8 Å². The number of hydrogen-bond acceptors (Lipinski definition) is 6. The fourth-order valence-electron chi connectivity index (χ4n) is 3.15. The van der Waals surface area contributed by atoms with E-state index in [2.05, 4.69) is 15.5 Å². The lowest BCUT2D eigenvalue weighted by molar-refractivity contribution is -0.384. The molecular weight excluding hydrogens is 344 g/mol. The number of carboxylic acids is 1.